The molecule has 2 aliphatic rings. The Morgan fingerprint density at radius 1 is 1.32 bits per heavy atom. The first kappa shape index (κ1) is 18.8. The van der Waals surface area contributed by atoms with Crippen LogP contribution in [0.2, 0.25) is 5.02 Å². The molecular formula is C19H18ClFN4O3. The van der Waals surface area contributed by atoms with Gasteiger partial charge < -0.3 is 14.8 Å². The van der Waals surface area contributed by atoms with E-state index in [1.165, 1.54) is 12.1 Å². The van der Waals surface area contributed by atoms with Crippen LogP contribution in [-0.2, 0) is 9.53 Å². The molecule has 1 fully saturated rings. The number of nitrogens with one attached hydrogen (secondary N) is 2. The number of rotatable bonds is 4. The molecule has 0 spiro atoms. The summed E-state index contributed by atoms with van der Waals surface area (Å²) in [4.78, 5) is 15.8. The Morgan fingerprint density at radius 2 is 2.21 bits per heavy atom. The largest absolute Gasteiger partial charge is 0.469 e. The molecular weight excluding hydrogens is 387 g/mol. The van der Waals surface area contributed by atoms with Crippen LogP contribution in [0.4, 0.5) is 4.39 Å². The molecule has 2 aliphatic heterocycles. The summed E-state index contributed by atoms with van der Waals surface area (Å²) < 4.78 is 26.1. The first-order chi connectivity index (χ1) is 13.6. The van der Waals surface area contributed by atoms with Crippen LogP contribution in [0.1, 0.15) is 23.7 Å². The van der Waals surface area contributed by atoms with Gasteiger partial charge in [0, 0.05) is 19.3 Å². The van der Waals surface area contributed by atoms with Gasteiger partial charge in [0.15, 0.2) is 0 Å². The molecule has 0 unspecified atom stereocenters. The number of nitrogens with zero attached hydrogens (tertiary/aromatic N) is 2. The Labute approximate surface area is 165 Å². The van der Waals surface area contributed by atoms with Gasteiger partial charge >= 0.3 is 0 Å². The minimum absolute atomic E-state index is 0.0522. The Morgan fingerprint density at radius 3 is 3.00 bits per heavy atom. The van der Waals surface area contributed by atoms with Gasteiger partial charge in [-0.2, -0.15) is 5.10 Å². The highest BCUT2D eigenvalue weighted by Crippen LogP contribution is 2.30. The van der Waals surface area contributed by atoms with E-state index in [1.54, 1.807) is 24.4 Å². The summed E-state index contributed by atoms with van der Waals surface area (Å²) in [6.07, 6.45) is 0.781. The van der Waals surface area contributed by atoms with Gasteiger partial charge in [-0.3, -0.25) is 4.79 Å². The van der Waals surface area contributed by atoms with E-state index >= 15 is 0 Å². The third-order valence-corrected chi connectivity index (χ3v) is 4.83. The third-order valence-electron chi connectivity index (χ3n) is 4.52. The molecule has 0 aliphatic carbocycles. The highest BCUT2D eigenvalue weighted by molar-refractivity contribution is 6.30. The lowest BCUT2D eigenvalue weighted by molar-refractivity contribution is -0.119. The van der Waals surface area contributed by atoms with Crippen molar-refractivity contribution in [2.45, 2.75) is 18.6 Å². The van der Waals surface area contributed by atoms with E-state index in [9.17, 15) is 9.18 Å². The summed E-state index contributed by atoms with van der Waals surface area (Å²) in [5.74, 6) is -0.351. The first-order valence-corrected chi connectivity index (χ1v) is 9.24. The Hall–Kier alpha value is -2.55. The minimum Gasteiger partial charge on any atom is -0.469 e. The Kier molecular flexibility index (Phi) is 5.52. The maximum atomic E-state index is 14.0. The van der Waals surface area contributed by atoms with Crippen LogP contribution in [0.3, 0.4) is 0 Å². The van der Waals surface area contributed by atoms with Crippen molar-refractivity contribution in [3.8, 4) is 5.88 Å². The summed E-state index contributed by atoms with van der Waals surface area (Å²) in [6, 6.07) is 8.13. The smallest absolute Gasteiger partial charge is 0.246 e. The van der Waals surface area contributed by atoms with Crippen LogP contribution in [0.25, 0.3) is 0 Å². The first-order valence-electron chi connectivity index (χ1n) is 8.86. The fraction of sp³-hybridized carbons (Fsp3) is 0.316. The number of hydrogen-bond donors (Lipinski definition) is 2. The van der Waals surface area contributed by atoms with E-state index in [-0.39, 0.29) is 17.4 Å². The number of hydrogen-bond acceptors (Lipinski definition) is 6. The van der Waals surface area contributed by atoms with Crippen molar-refractivity contribution in [1.82, 2.24) is 15.7 Å². The molecule has 28 heavy (non-hydrogen) atoms. The van der Waals surface area contributed by atoms with Crippen LogP contribution >= 0.6 is 11.6 Å². The highest BCUT2D eigenvalue weighted by Gasteiger charge is 2.30. The molecule has 1 amide bonds. The van der Waals surface area contributed by atoms with E-state index in [4.69, 9.17) is 21.1 Å². The summed E-state index contributed by atoms with van der Waals surface area (Å²) in [7, 11) is 0. The van der Waals surface area contributed by atoms with E-state index in [0.717, 1.165) is 0 Å². The number of amides is 1. The van der Waals surface area contributed by atoms with Gasteiger partial charge in [0.25, 0.3) is 0 Å². The quantitative estimate of drug-likeness (QED) is 0.816. The van der Waals surface area contributed by atoms with E-state index in [2.05, 4.69) is 20.8 Å². The zero-order valence-electron chi connectivity index (χ0n) is 14.8. The lowest BCUT2D eigenvalue weighted by atomic mass is 10.0. The van der Waals surface area contributed by atoms with E-state index in [0.29, 0.717) is 42.4 Å². The van der Waals surface area contributed by atoms with Crippen molar-refractivity contribution in [3.63, 3.8) is 0 Å². The Balaban J connectivity index is 1.63. The maximum absolute atomic E-state index is 14.0. The van der Waals surface area contributed by atoms with Gasteiger partial charge in [-0.05, 0) is 29.8 Å². The Bertz CT molecular complexity index is 924. The average Bonchev–Trinajstić information content (AvgIpc) is 2.99. The topological polar surface area (TPSA) is 84.8 Å². The number of carbonyl (C=O) groups is 1. The van der Waals surface area contributed by atoms with Crippen molar-refractivity contribution in [2.75, 3.05) is 19.7 Å². The van der Waals surface area contributed by atoms with Crippen molar-refractivity contribution in [3.05, 3.63) is 58.5 Å². The fourth-order valence-electron chi connectivity index (χ4n) is 3.18. The second-order valence-electron chi connectivity index (χ2n) is 6.45. The molecule has 1 aromatic carbocycles. The molecule has 4 rings (SSSR count). The van der Waals surface area contributed by atoms with Crippen LogP contribution in [0.15, 0.2) is 41.6 Å². The van der Waals surface area contributed by atoms with Gasteiger partial charge in [-0.15, -0.1) is 0 Å². The number of benzene rings is 1. The highest BCUT2D eigenvalue weighted by atomic mass is 35.5. The number of pyridine rings is 1. The molecule has 0 radical (unpaired) electrons. The second-order valence-corrected chi connectivity index (χ2v) is 6.86. The van der Waals surface area contributed by atoms with E-state index < -0.39 is 18.0 Å². The molecule has 2 atom stereocenters. The van der Waals surface area contributed by atoms with Crippen LogP contribution in [-0.4, -0.2) is 42.4 Å². The lowest BCUT2D eigenvalue weighted by Gasteiger charge is -2.26. The molecule has 0 saturated carbocycles. The predicted molar refractivity (Wildman–Crippen MR) is 101 cm³/mol. The monoisotopic (exact) mass is 404 g/mol. The zero-order valence-corrected chi connectivity index (χ0v) is 15.6. The molecule has 7 nitrogen and oxygen atoms in total. The molecule has 0 bridgehead atoms. The predicted octanol–water partition coefficient (Wildman–Crippen LogP) is 2.21. The number of aromatic nitrogens is 1. The molecule has 9 heteroatoms. The van der Waals surface area contributed by atoms with Crippen LogP contribution in [0, 0.1) is 5.82 Å². The van der Waals surface area contributed by atoms with Crippen molar-refractivity contribution < 1.29 is 18.7 Å². The molecule has 2 N–H and O–H groups in total. The molecule has 3 heterocycles. The second kappa shape index (κ2) is 8.22. The standard InChI is InChI=1S/C19H18ClFN4O3/c20-13-4-3-11(8-14(13)21)18-16(10-22-6-7-27-18)28-19-12(2-1-5-23-19)15-9-17(26)25-24-15/h1-5,8,16,18,22H,6-7,9-10H2,(H,25,26)/t16-,18-/m0/s1. The lowest BCUT2D eigenvalue weighted by Crippen LogP contribution is -2.35. The van der Waals surface area contributed by atoms with Gasteiger partial charge in [0.2, 0.25) is 11.8 Å². The maximum Gasteiger partial charge on any atom is 0.246 e. The van der Waals surface area contributed by atoms with Gasteiger partial charge in [-0.25, -0.2) is 14.8 Å². The van der Waals surface area contributed by atoms with Crippen molar-refractivity contribution in [2.24, 2.45) is 5.10 Å². The summed E-state index contributed by atoms with van der Waals surface area (Å²) in [6.45, 7) is 1.58. The summed E-state index contributed by atoms with van der Waals surface area (Å²) in [5, 5.41) is 7.34. The molecule has 1 saturated heterocycles. The zero-order chi connectivity index (χ0) is 19.5. The molecule has 2 aromatic rings. The van der Waals surface area contributed by atoms with Crippen molar-refractivity contribution >= 4 is 23.2 Å². The number of hydrazone groups is 1. The summed E-state index contributed by atoms with van der Waals surface area (Å²) >= 11 is 5.81. The number of ether oxygens (including phenoxy) is 2. The number of halogens is 2. The minimum atomic E-state index is -0.512. The van der Waals surface area contributed by atoms with E-state index in [1.807, 2.05) is 0 Å². The SMILES string of the molecule is O=C1CC(c2cccnc2O[C@H]2CNCCO[C@H]2c2ccc(Cl)c(F)c2)=NN1. The number of carbonyl (C=O) groups excluding carboxylic acids is 1. The fourth-order valence-corrected chi connectivity index (χ4v) is 3.30. The van der Waals surface area contributed by atoms with Gasteiger partial charge in [0.1, 0.15) is 18.0 Å². The molecule has 1 aromatic heterocycles. The van der Waals surface area contributed by atoms with Gasteiger partial charge in [-0.1, -0.05) is 17.7 Å². The van der Waals surface area contributed by atoms with Crippen molar-refractivity contribution in [1.29, 1.82) is 0 Å². The van der Waals surface area contributed by atoms with Crippen LogP contribution in [0.5, 0.6) is 5.88 Å². The third kappa shape index (κ3) is 3.99. The average molecular weight is 405 g/mol. The van der Waals surface area contributed by atoms with Crippen LogP contribution < -0.4 is 15.5 Å². The normalized spacial score (nSPS) is 22.4. The molecule has 146 valence electrons. The van der Waals surface area contributed by atoms with Gasteiger partial charge in [0.05, 0.1) is 29.3 Å². The summed E-state index contributed by atoms with van der Waals surface area (Å²) in [5.41, 5.74) is 4.25.